The molecule has 0 aromatic heterocycles. The molecule has 2 aromatic carbocycles. The van der Waals surface area contributed by atoms with Gasteiger partial charge in [0.1, 0.15) is 12.4 Å². The number of hydrogen-bond acceptors (Lipinski definition) is 6. The van der Waals surface area contributed by atoms with Crippen LogP contribution in [0, 0.1) is 13.8 Å². The third kappa shape index (κ3) is 4.14. The van der Waals surface area contributed by atoms with Gasteiger partial charge >= 0.3 is 0 Å². The number of phenolic OH excluding ortho intramolecular Hbond substituents is 1. The van der Waals surface area contributed by atoms with E-state index in [9.17, 15) is 14.7 Å². The highest BCUT2D eigenvalue weighted by atomic mass is 32.2. The van der Waals surface area contributed by atoms with Crippen LogP contribution < -0.4 is 9.47 Å². The van der Waals surface area contributed by atoms with E-state index in [-0.39, 0.29) is 29.0 Å². The van der Waals surface area contributed by atoms with Gasteiger partial charge in [-0.15, -0.1) is 0 Å². The second-order valence-corrected chi connectivity index (χ2v) is 7.34. The molecule has 0 spiro atoms. The number of aryl methyl sites for hydroxylation is 2. The van der Waals surface area contributed by atoms with Gasteiger partial charge in [-0.2, -0.15) is 0 Å². The zero-order valence-electron chi connectivity index (χ0n) is 15.9. The van der Waals surface area contributed by atoms with E-state index in [0.29, 0.717) is 11.3 Å². The molecule has 1 saturated heterocycles. The number of hydrogen-bond donors (Lipinski definition) is 1. The number of imide groups is 1. The van der Waals surface area contributed by atoms with Gasteiger partial charge < -0.3 is 14.6 Å². The average molecular weight is 399 g/mol. The predicted octanol–water partition coefficient (Wildman–Crippen LogP) is 4.13. The van der Waals surface area contributed by atoms with Gasteiger partial charge in [-0.25, -0.2) is 0 Å². The molecule has 0 unspecified atom stereocenters. The zero-order chi connectivity index (χ0) is 20.3. The quantitative estimate of drug-likeness (QED) is 0.736. The van der Waals surface area contributed by atoms with Gasteiger partial charge in [0.2, 0.25) is 0 Å². The fourth-order valence-corrected chi connectivity index (χ4v) is 3.62. The minimum absolute atomic E-state index is 0.0740. The third-order valence-corrected chi connectivity index (χ3v) is 5.23. The van der Waals surface area contributed by atoms with Crippen LogP contribution in [0.15, 0.2) is 41.3 Å². The van der Waals surface area contributed by atoms with Gasteiger partial charge in [0.15, 0.2) is 11.5 Å². The fraction of sp³-hybridized carbons (Fsp3) is 0.238. The molecule has 28 heavy (non-hydrogen) atoms. The van der Waals surface area contributed by atoms with Crippen molar-refractivity contribution in [1.82, 2.24) is 4.90 Å². The van der Waals surface area contributed by atoms with Crippen molar-refractivity contribution in [2.75, 3.05) is 20.3 Å². The largest absolute Gasteiger partial charge is 0.504 e. The Hall–Kier alpha value is -2.93. The second kappa shape index (κ2) is 8.39. The van der Waals surface area contributed by atoms with Gasteiger partial charge in [0.05, 0.1) is 18.6 Å². The molecule has 2 amide bonds. The first kappa shape index (κ1) is 19.8. The number of rotatable bonds is 6. The highest BCUT2D eigenvalue weighted by Crippen LogP contribution is 2.36. The van der Waals surface area contributed by atoms with Gasteiger partial charge in [0.25, 0.3) is 11.1 Å². The summed E-state index contributed by atoms with van der Waals surface area (Å²) in [5.74, 6) is 0.565. The molecule has 1 heterocycles. The van der Waals surface area contributed by atoms with Crippen LogP contribution in [0.3, 0.4) is 0 Å². The number of amides is 2. The number of nitrogens with zero attached hydrogens (tertiary/aromatic N) is 1. The number of ether oxygens (including phenoxy) is 2. The maximum absolute atomic E-state index is 12.6. The Labute approximate surface area is 167 Å². The Kier molecular flexibility index (Phi) is 5.94. The summed E-state index contributed by atoms with van der Waals surface area (Å²) < 4.78 is 10.8. The topological polar surface area (TPSA) is 76.1 Å². The zero-order valence-corrected chi connectivity index (χ0v) is 16.7. The lowest BCUT2D eigenvalue weighted by Crippen LogP contribution is -2.32. The number of thioether (sulfide) groups is 1. The Morgan fingerprint density at radius 2 is 1.93 bits per heavy atom. The summed E-state index contributed by atoms with van der Waals surface area (Å²) in [6.07, 6.45) is 1.49. The predicted molar refractivity (Wildman–Crippen MR) is 109 cm³/mol. The van der Waals surface area contributed by atoms with Crippen molar-refractivity contribution >= 4 is 29.0 Å². The maximum Gasteiger partial charge on any atom is 0.293 e. The van der Waals surface area contributed by atoms with Gasteiger partial charge in [-0.05, 0) is 54.9 Å². The summed E-state index contributed by atoms with van der Waals surface area (Å²) >= 11 is 0.842. The molecule has 0 atom stereocenters. The van der Waals surface area contributed by atoms with E-state index in [2.05, 4.69) is 0 Å². The van der Waals surface area contributed by atoms with Crippen molar-refractivity contribution in [3.05, 3.63) is 58.0 Å². The monoisotopic (exact) mass is 399 g/mol. The molecule has 1 fully saturated rings. The summed E-state index contributed by atoms with van der Waals surface area (Å²) in [4.78, 5) is 26.2. The highest BCUT2D eigenvalue weighted by Gasteiger charge is 2.35. The first-order chi connectivity index (χ1) is 13.4. The molecule has 0 saturated carbocycles. The lowest BCUT2D eigenvalue weighted by molar-refractivity contribution is -0.123. The van der Waals surface area contributed by atoms with E-state index < -0.39 is 5.91 Å². The van der Waals surface area contributed by atoms with E-state index in [0.717, 1.165) is 33.5 Å². The van der Waals surface area contributed by atoms with Crippen LogP contribution in [0.5, 0.6) is 17.2 Å². The Bertz CT molecular complexity index is 954. The lowest BCUT2D eigenvalue weighted by Gasteiger charge is -2.14. The van der Waals surface area contributed by atoms with Crippen LogP contribution in [0.1, 0.15) is 16.7 Å². The Morgan fingerprint density at radius 3 is 2.68 bits per heavy atom. The first-order valence-electron chi connectivity index (χ1n) is 8.72. The average Bonchev–Trinajstić information content (AvgIpc) is 2.93. The van der Waals surface area contributed by atoms with Crippen molar-refractivity contribution < 1.29 is 24.2 Å². The number of methoxy groups -OCH3 is 1. The second-order valence-electron chi connectivity index (χ2n) is 6.35. The summed E-state index contributed by atoms with van der Waals surface area (Å²) in [5, 5.41) is 9.82. The molecule has 0 radical (unpaired) electrons. The number of para-hydroxylation sites is 1. The number of phenols is 1. The molecule has 2 aromatic rings. The van der Waals surface area contributed by atoms with E-state index in [1.54, 1.807) is 18.2 Å². The van der Waals surface area contributed by atoms with Crippen molar-refractivity contribution in [1.29, 1.82) is 0 Å². The van der Waals surface area contributed by atoms with Crippen molar-refractivity contribution in [3.63, 3.8) is 0 Å². The normalized spacial score (nSPS) is 15.4. The molecule has 3 rings (SSSR count). The molecular weight excluding hydrogens is 378 g/mol. The number of benzene rings is 2. The van der Waals surface area contributed by atoms with Crippen molar-refractivity contribution in [2.24, 2.45) is 0 Å². The van der Waals surface area contributed by atoms with E-state index in [4.69, 9.17) is 9.47 Å². The molecule has 1 aliphatic rings. The Balaban J connectivity index is 1.69. The van der Waals surface area contributed by atoms with E-state index in [1.165, 1.54) is 13.2 Å². The minimum Gasteiger partial charge on any atom is -0.504 e. The van der Waals surface area contributed by atoms with Crippen LogP contribution in [0.2, 0.25) is 0 Å². The fourth-order valence-electron chi connectivity index (χ4n) is 2.76. The van der Waals surface area contributed by atoms with Crippen LogP contribution in [0.4, 0.5) is 4.79 Å². The van der Waals surface area contributed by atoms with E-state index >= 15 is 0 Å². The first-order valence-corrected chi connectivity index (χ1v) is 9.53. The van der Waals surface area contributed by atoms with Crippen molar-refractivity contribution in [2.45, 2.75) is 13.8 Å². The number of carbonyl (C=O) groups excluding carboxylic acids is 2. The molecule has 6 nitrogen and oxygen atoms in total. The van der Waals surface area contributed by atoms with Crippen LogP contribution in [-0.2, 0) is 4.79 Å². The molecule has 7 heteroatoms. The smallest absolute Gasteiger partial charge is 0.293 e. The number of aromatic hydroxyl groups is 1. The summed E-state index contributed by atoms with van der Waals surface area (Å²) in [5.41, 5.74) is 2.48. The molecule has 0 aliphatic carbocycles. The lowest BCUT2D eigenvalue weighted by atomic mass is 10.1. The third-order valence-electron chi connectivity index (χ3n) is 4.33. The maximum atomic E-state index is 12.6. The molecular formula is C21H21NO5S. The van der Waals surface area contributed by atoms with E-state index in [1.807, 2.05) is 32.0 Å². The van der Waals surface area contributed by atoms with Crippen LogP contribution in [0.25, 0.3) is 6.08 Å². The Morgan fingerprint density at radius 1 is 1.14 bits per heavy atom. The minimum atomic E-state index is -0.401. The summed E-state index contributed by atoms with van der Waals surface area (Å²) in [7, 11) is 1.45. The van der Waals surface area contributed by atoms with Crippen LogP contribution >= 0.6 is 11.8 Å². The SMILES string of the molecule is COc1cccc(/C=C2\SC(=O)N(CCOc3cc(C)ccc3C)C2=O)c1O. The van der Waals surface area contributed by atoms with Crippen LogP contribution in [-0.4, -0.2) is 41.4 Å². The standard InChI is InChI=1S/C21H21NO5S/c1-13-7-8-14(2)17(11-13)27-10-9-22-20(24)18(28-21(22)25)12-15-5-4-6-16(26-3)19(15)23/h4-8,11-12,23H,9-10H2,1-3H3/b18-12-. The highest BCUT2D eigenvalue weighted by molar-refractivity contribution is 8.18. The molecule has 1 aliphatic heterocycles. The van der Waals surface area contributed by atoms with Gasteiger partial charge in [-0.3, -0.25) is 14.5 Å². The molecule has 0 bridgehead atoms. The van der Waals surface area contributed by atoms with Gasteiger partial charge in [-0.1, -0.05) is 24.3 Å². The summed E-state index contributed by atoms with van der Waals surface area (Å²) in [6, 6.07) is 10.9. The summed E-state index contributed by atoms with van der Waals surface area (Å²) in [6.45, 7) is 4.28. The molecule has 146 valence electrons. The number of carbonyl (C=O) groups is 2. The van der Waals surface area contributed by atoms with Crippen molar-refractivity contribution in [3.8, 4) is 17.2 Å². The molecule has 1 N–H and O–H groups in total. The van der Waals surface area contributed by atoms with Gasteiger partial charge in [0, 0.05) is 5.56 Å².